The number of anilines is 2. The van der Waals surface area contributed by atoms with Crippen molar-refractivity contribution in [1.82, 2.24) is 9.97 Å². The summed E-state index contributed by atoms with van der Waals surface area (Å²) in [4.78, 5) is 10.0. The summed E-state index contributed by atoms with van der Waals surface area (Å²) in [6, 6.07) is 0. The lowest BCUT2D eigenvalue weighted by Crippen LogP contribution is -2.47. The molecule has 0 spiro atoms. The minimum absolute atomic E-state index is 0.403. The highest BCUT2D eigenvalue weighted by Gasteiger charge is 2.35. The van der Waals surface area contributed by atoms with Crippen LogP contribution in [0.2, 0.25) is 0 Å². The van der Waals surface area contributed by atoms with Gasteiger partial charge in [-0.1, -0.05) is 0 Å². The van der Waals surface area contributed by atoms with Crippen LogP contribution < -0.4 is 10.6 Å². The van der Waals surface area contributed by atoms with Gasteiger partial charge in [-0.2, -0.15) is 0 Å². The number of aromatic nitrogens is 2. The second kappa shape index (κ2) is 3.66. The smallest absolute Gasteiger partial charge is 0.149 e. The van der Waals surface area contributed by atoms with Crippen molar-refractivity contribution in [3.63, 3.8) is 0 Å². The van der Waals surface area contributed by atoms with E-state index in [1.807, 2.05) is 11.9 Å². The number of hydrogen-bond acceptors (Lipinski definition) is 5. The number of likely N-dealkylation sites (N-methyl/N-ethyl adjacent to an activating group) is 1. The molecule has 3 N–H and O–H groups in total. The van der Waals surface area contributed by atoms with Crippen LogP contribution >= 0.6 is 0 Å². The van der Waals surface area contributed by atoms with E-state index in [1.165, 1.54) is 6.20 Å². The zero-order valence-electron chi connectivity index (χ0n) is 8.85. The van der Waals surface area contributed by atoms with Gasteiger partial charge in [-0.15, -0.1) is 0 Å². The van der Waals surface area contributed by atoms with Crippen LogP contribution in [0.3, 0.4) is 0 Å². The average molecular weight is 208 g/mol. The van der Waals surface area contributed by atoms with Crippen LogP contribution in [0.25, 0.3) is 0 Å². The molecule has 1 aromatic rings. The molecular formula is C10H16N4O. The largest absolute Gasteiger partial charge is 0.388 e. The van der Waals surface area contributed by atoms with E-state index in [-0.39, 0.29) is 0 Å². The van der Waals surface area contributed by atoms with Crippen molar-refractivity contribution in [2.45, 2.75) is 24.9 Å². The third-order valence-corrected chi connectivity index (χ3v) is 2.85. The minimum Gasteiger partial charge on any atom is -0.388 e. The first-order chi connectivity index (χ1) is 7.09. The van der Waals surface area contributed by atoms with Crippen molar-refractivity contribution in [2.75, 3.05) is 24.2 Å². The van der Waals surface area contributed by atoms with E-state index >= 15 is 0 Å². The summed E-state index contributed by atoms with van der Waals surface area (Å²) in [6.07, 6.45) is 6.00. The van der Waals surface area contributed by atoms with Gasteiger partial charge in [0.2, 0.25) is 0 Å². The van der Waals surface area contributed by atoms with Gasteiger partial charge in [0.15, 0.2) is 0 Å². The summed E-state index contributed by atoms with van der Waals surface area (Å²) in [5, 5.41) is 9.99. The fourth-order valence-corrected chi connectivity index (χ4v) is 1.82. The molecule has 1 aliphatic carbocycles. The second-order valence-electron chi connectivity index (χ2n) is 4.24. The zero-order valence-corrected chi connectivity index (χ0v) is 8.85. The van der Waals surface area contributed by atoms with Gasteiger partial charge in [-0.25, -0.2) is 4.98 Å². The van der Waals surface area contributed by atoms with Crippen molar-refractivity contribution >= 4 is 11.6 Å². The number of hydrogen-bond donors (Lipinski definition) is 2. The maximum Gasteiger partial charge on any atom is 0.149 e. The van der Waals surface area contributed by atoms with Crippen molar-refractivity contribution < 1.29 is 5.11 Å². The van der Waals surface area contributed by atoms with Gasteiger partial charge >= 0.3 is 0 Å². The van der Waals surface area contributed by atoms with Gasteiger partial charge in [0, 0.05) is 13.6 Å². The molecule has 0 saturated heterocycles. The van der Waals surface area contributed by atoms with Gasteiger partial charge in [-0.05, 0) is 19.3 Å². The summed E-state index contributed by atoms with van der Waals surface area (Å²) in [5.41, 5.74) is 5.00. The van der Waals surface area contributed by atoms with Crippen LogP contribution in [0.1, 0.15) is 19.3 Å². The quantitative estimate of drug-likeness (QED) is 0.752. The van der Waals surface area contributed by atoms with Crippen molar-refractivity contribution in [1.29, 1.82) is 0 Å². The maximum atomic E-state index is 9.99. The molecule has 0 aliphatic heterocycles. The lowest BCUT2D eigenvalue weighted by molar-refractivity contribution is -0.0248. The molecule has 1 saturated carbocycles. The molecule has 2 rings (SSSR count). The maximum absolute atomic E-state index is 9.99. The Labute approximate surface area is 88.9 Å². The van der Waals surface area contributed by atoms with E-state index in [0.29, 0.717) is 18.2 Å². The van der Waals surface area contributed by atoms with E-state index in [4.69, 9.17) is 5.73 Å². The van der Waals surface area contributed by atoms with Crippen LogP contribution in [0.4, 0.5) is 11.6 Å². The van der Waals surface area contributed by atoms with Gasteiger partial charge < -0.3 is 15.7 Å². The third-order valence-electron chi connectivity index (χ3n) is 2.85. The molecule has 5 heteroatoms. The predicted octanol–water partition coefficient (Wildman–Crippen LogP) is 0.410. The standard InChI is InChI=1S/C10H16N4O/c1-14(7-10(15)3-2-4-10)9-6-12-5-8(11)13-9/h5-6,15H,2-4,7H2,1H3,(H2,11,13). The topological polar surface area (TPSA) is 75.3 Å². The van der Waals surface area contributed by atoms with Crippen LogP contribution in [-0.2, 0) is 0 Å². The molecule has 0 amide bonds. The van der Waals surface area contributed by atoms with E-state index in [0.717, 1.165) is 19.3 Å². The highest BCUT2D eigenvalue weighted by Crippen LogP contribution is 2.32. The highest BCUT2D eigenvalue weighted by atomic mass is 16.3. The average Bonchev–Trinajstić information content (AvgIpc) is 2.15. The van der Waals surface area contributed by atoms with Gasteiger partial charge in [-0.3, -0.25) is 4.98 Å². The predicted molar refractivity (Wildman–Crippen MR) is 58.5 cm³/mol. The Morgan fingerprint density at radius 3 is 2.80 bits per heavy atom. The molecule has 1 heterocycles. The number of nitrogen functional groups attached to an aromatic ring is 1. The van der Waals surface area contributed by atoms with Crippen LogP contribution in [0.15, 0.2) is 12.4 Å². The van der Waals surface area contributed by atoms with Crippen LogP contribution in [-0.4, -0.2) is 34.3 Å². The zero-order chi connectivity index (χ0) is 10.9. The van der Waals surface area contributed by atoms with Crippen molar-refractivity contribution in [3.05, 3.63) is 12.4 Å². The van der Waals surface area contributed by atoms with E-state index < -0.39 is 5.60 Å². The van der Waals surface area contributed by atoms with Gasteiger partial charge in [0.25, 0.3) is 0 Å². The molecule has 1 fully saturated rings. The lowest BCUT2D eigenvalue weighted by atomic mass is 9.80. The SMILES string of the molecule is CN(CC1(O)CCC1)c1cncc(N)n1. The Morgan fingerprint density at radius 2 is 2.27 bits per heavy atom. The van der Waals surface area contributed by atoms with Crippen molar-refractivity contribution in [3.8, 4) is 0 Å². The molecule has 0 radical (unpaired) electrons. The molecule has 0 aromatic carbocycles. The first-order valence-corrected chi connectivity index (χ1v) is 5.10. The Hall–Kier alpha value is -1.36. The molecule has 1 aliphatic rings. The Bertz CT molecular complexity index is 351. The molecule has 0 atom stereocenters. The fraction of sp³-hybridized carbons (Fsp3) is 0.600. The molecule has 0 unspecified atom stereocenters. The van der Waals surface area contributed by atoms with Crippen LogP contribution in [0.5, 0.6) is 0 Å². The van der Waals surface area contributed by atoms with Gasteiger partial charge in [0.1, 0.15) is 11.6 Å². The monoisotopic (exact) mass is 208 g/mol. The molecule has 82 valence electrons. The molecule has 15 heavy (non-hydrogen) atoms. The minimum atomic E-state index is -0.541. The summed E-state index contributed by atoms with van der Waals surface area (Å²) in [7, 11) is 1.89. The number of rotatable bonds is 3. The first kappa shape index (κ1) is 10.2. The summed E-state index contributed by atoms with van der Waals surface area (Å²) >= 11 is 0. The van der Waals surface area contributed by atoms with E-state index in [2.05, 4.69) is 9.97 Å². The summed E-state index contributed by atoms with van der Waals surface area (Å²) < 4.78 is 0. The third kappa shape index (κ3) is 2.18. The Morgan fingerprint density at radius 1 is 1.53 bits per heavy atom. The summed E-state index contributed by atoms with van der Waals surface area (Å²) in [6.45, 7) is 0.588. The van der Waals surface area contributed by atoms with E-state index in [1.54, 1.807) is 6.20 Å². The fourth-order valence-electron chi connectivity index (χ4n) is 1.82. The molecule has 1 aromatic heterocycles. The van der Waals surface area contributed by atoms with Gasteiger partial charge in [0.05, 0.1) is 18.0 Å². The Kier molecular flexibility index (Phi) is 2.48. The first-order valence-electron chi connectivity index (χ1n) is 5.10. The molecule has 5 nitrogen and oxygen atoms in total. The molecule has 0 bridgehead atoms. The van der Waals surface area contributed by atoms with Crippen LogP contribution in [0, 0.1) is 0 Å². The summed E-state index contributed by atoms with van der Waals surface area (Å²) in [5.74, 6) is 1.11. The number of aliphatic hydroxyl groups is 1. The molecular weight excluding hydrogens is 192 g/mol. The number of nitrogens with two attached hydrogens (primary N) is 1. The Balaban J connectivity index is 2.04. The second-order valence-corrected chi connectivity index (χ2v) is 4.24. The number of nitrogens with zero attached hydrogens (tertiary/aromatic N) is 3. The van der Waals surface area contributed by atoms with E-state index in [9.17, 15) is 5.11 Å². The highest BCUT2D eigenvalue weighted by molar-refractivity contribution is 5.41. The van der Waals surface area contributed by atoms with Crippen molar-refractivity contribution in [2.24, 2.45) is 0 Å². The lowest BCUT2D eigenvalue weighted by Gasteiger charge is -2.39. The normalized spacial score (nSPS) is 18.3.